The summed E-state index contributed by atoms with van der Waals surface area (Å²) in [7, 11) is 1.44. The molecule has 2 heterocycles. The largest absolute Gasteiger partial charge is 0.497 e. The van der Waals surface area contributed by atoms with Gasteiger partial charge in [-0.1, -0.05) is 12.1 Å². The first-order valence-electron chi connectivity index (χ1n) is 9.62. The summed E-state index contributed by atoms with van der Waals surface area (Å²) in [6, 6.07) is 11.4. The Bertz CT molecular complexity index is 1250. The summed E-state index contributed by atoms with van der Waals surface area (Å²) in [6.45, 7) is 3.11. The van der Waals surface area contributed by atoms with Gasteiger partial charge >= 0.3 is 5.69 Å². The van der Waals surface area contributed by atoms with Crippen LogP contribution in [0.15, 0.2) is 59.8 Å². The van der Waals surface area contributed by atoms with Crippen LogP contribution in [-0.4, -0.2) is 36.5 Å². The lowest BCUT2D eigenvalue weighted by Crippen LogP contribution is -2.28. The van der Waals surface area contributed by atoms with Crippen LogP contribution in [0.25, 0.3) is 16.9 Å². The van der Waals surface area contributed by atoms with Gasteiger partial charge in [0.25, 0.3) is 0 Å². The molecule has 4 rings (SSSR count). The molecule has 31 heavy (non-hydrogen) atoms. The van der Waals surface area contributed by atoms with Gasteiger partial charge in [-0.3, -0.25) is 4.57 Å². The van der Waals surface area contributed by atoms with Crippen molar-refractivity contribution >= 4 is 0 Å². The molecule has 0 aliphatic carbocycles. The SMILES string of the molecule is COc1cc(F)cc(Cn2c(C(C)(C)O)nn(-c3ccc(-c4c[nH]cn4)cc3)c2=O)c1. The normalized spacial score (nSPS) is 11.6. The van der Waals surface area contributed by atoms with E-state index in [1.807, 2.05) is 12.1 Å². The zero-order valence-corrected chi connectivity index (χ0v) is 17.3. The van der Waals surface area contributed by atoms with Crippen LogP contribution >= 0.6 is 0 Å². The fourth-order valence-corrected chi connectivity index (χ4v) is 3.36. The number of H-pyrrole nitrogens is 1. The Kier molecular flexibility index (Phi) is 5.20. The Morgan fingerprint density at radius 1 is 1.19 bits per heavy atom. The molecular weight excluding hydrogens is 401 g/mol. The molecule has 0 spiro atoms. The number of methoxy groups -OCH3 is 1. The molecule has 2 aromatic heterocycles. The van der Waals surface area contributed by atoms with Crippen molar-refractivity contribution in [1.82, 2.24) is 24.3 Å². The third-order valence-electron chi connectivity index (χ3n) is 4.82. The molecule has 0 aliphatic rings. The van der Waals surface area contributed by atoms with Gasteiger partial charge < -0.3 is 14.8 Å². The molecule has 0 fully saturated rings. The van der Waals surface area contributed by atoms with E-state index in [-0.39, 0.29) is 12.4 Å². The van der Waals surface area contributed by atoms with Gasteiger partial charge in [-0.25, -0.2) is 14.2 Å². The van der Waals surface area contributed by atoms with Crippen LogP contribution in [-0.2, 0) is 12.1 Å². The topological polar surface area (TPSA) is 98.0 Å². The van der Waals surface area contributed by atoms with Crippen LogP contribution in [0.5, 0.6) is 5.75 Å². The Hall–Kier alpha value is -3.72. The van der Waals surface area contributed by atoms with Crippen molar-refractivity contribution in [2.45, 2.75) is 26.0 Å². The zero-order chi connectivity index (χ0) is 22.2. The minimum Gasteiger partial charge on any atom is -0.497 e. The maximum Gasteiger partial charge on any atom is 0.351 e. The number of aliphatic hydroxyl groups is 1. The first kappa shape index (κ1) is 20.5. The smallest absolute Gasteiger partial charge is 0.351 e. The van der Waals surface area contributed by atoms with Crippen LogP contribution < -0.4 is 10.4 Å². The van der Waals surface area contributed by atoms with E-state index in [0.29, 0.717) is 17.0 Å². The fraction of sp³-hybridized carbons (Fsp3) is 0.227. The standard InChI is InChI=1S/C22H22FN5O3/c1-22(2,30)20-26-28(17-6-4-15(5-7-17)19-11-24-13-25-19)21(29)27(20)12-14-8-16(23)10-18(9-14)31-3/h4-11,13,30H,12H2,1-3H3,(H,24,25). The highest BCUT2D eigenvalue weighted by Gasteiger charge is 2.27. The van der Waals surface area contributed by atoms with Crippen molar-refractivity contribution in [3.05, 3.63) is 82.7 Å². The quantitative estimate of drug-likeness (QED) is 0.497. The summed E-state index contributed by atoms with van der Waals surface area (Å²) < 4.78 is 21.6. The number of ether oxygens (including phenoxy) is 1. The number of imidazole rings is 1. The van der Waals surface area contributed by atoms with Crippen LogP contribution in [0.1, 0.15) is 25.2 Å². The predicted octanol–water partition coefficient (Wildman–Crippen LogP) is 2.85. The molecule has 0 unspecified atom stereocenters. The monoisotopic (exact) mass is 423 g/mol. The van der Waals surface area contributed by atoms with E-state index >= 15 is 0 Å². The molecule has 2 N–H and O–H groups in total. The summed E-state index contributed by atoms with van der Waals surface area (Å²) in [5, 5.41) is 15.0. The number of halogens is 1. The van der Waals surface area contributed by atoms with Gasteiger partial charge in [0, 0.05) is 17.8 Å². The Labute approximate surface area is 177 Å². The lowest BCUT2D eigenvalue weighted by Gasteiger charge is -2.17. The summed E-state index contributed by atoms with van der Waals surface area (Å²) in [5.41, 5.74) is 0.862. The van der Waals surface area contributed by atoms with E-state index in [4.69, 9.17) is 4.74 Å². The van der Waals surface area contributed by atoms with Crippen molar-refractivity contribution in [3.8, 4) is 22.7 Å². The molecule has 160 valence electrons. The van der Waals surface area contributed by atoms with E-state index < -0.39 is 17.1 Å². The fourth-order valence-electron chi connectivity index (χ4n) is 3.36. The van der Waals surface area contributed by atoms with Gasteiger partial charge in [0.15, 0.2) is 5.82 Å². The Morgan fingerprint density at radius 3 is 2.55 bits per heavy atom. The van der Waals surface area contributed by atoms with Crippen molar-refractivity contribution in [2.75, 3.05) is 7.11 Å². The molecule has 0 saturated carbocycles. The van der Waals surface area contributed by atoms with E-state index in [1.165, 1.54) is 28.5 Å². The van der Waals surface area contributed by atoms with Crippen molar-refractivity contribution in [2.24, 2.45) is 0 Å². The predicted molar refractivity (Wildman–Crippen MR) is 113 cm³/mol. The maximum absolute atomic E-state index is 13.9. The first-order valence-corrected chi connectivity index (χ1v) is 9.62. The van der Waals surface area contributed by atoms with Gasteiger partial charge in [-0.05, 0) is 43.7 Å². The van der Waals surface area contributed by atoms with Crippen molar-refractivity contribution in [3.63, 3.8) is 0 Å². The Morgan fingerprint density at radius 2 is 1.94 bits per heavy atom. The molecule has 0 bridgehead atoms. The van der Waals surface area contributed by atoms with Gasteiger partial charge in [0.1, 0.15) is 17.2 Å². The van der Waals surface area contributed by atoms with Gasteiger partial charge in [-0.15, -0.1) is 5.10 Å². The minimum atomic E-state index is -1.39. The highest BCUT2D eigenvalue weighted by Crippen LogP contribution is 2.22. The number of nitrogens with one attached hydrogen (secondary N) is 1. The highest BCUT2D eigenvalue weighted by molar-refractivity contribution is 5.59. The van der Waals surface area contributed by atoms with Crippen molar-refractivity contribution < 1.29 is 14.2 Å². The van der Waals surface area contributed by atoms with E-state index in [9.17, 15) is 14.3 Å². The van der Waals surface area contributed by atoms with E-state index in [1.54, 1.807) is 44.6 Å². The number of rotatable bonds is 6. The minimum absolute atomic E-state index is 0.0254. The number of hydrogen-bond donors (Lipinski definition) is 2. The van der Waals surface area contributed by atoms with Crippen molar-refractivity contribution in [1.29, 1.82) is 0 Å². The number of aromatic amines is 1. The molecule has 0 atom stereocenters. The third kappa shape index (κ3) is 4.13. The van der Waals surface area contributed by atoms with Gasteiger partial charge in [0.2, 0.25) is 0 Å². The molecule has 8 nitrogen and oxygen atoms in total. The maximum atomic E-state index is 13.9. The first-order chi connectivity index (χ1) is 14.8. The number of hydrogen-bond acceptors (Lipinski definition) is 5. The molecular formula is C22H22FN5O3. The van der Waals surface area contributed by atoms with Crippen LogP contribution in [0.3, 0.4) is 0 Å². The average molecular weight is 423 g/mol. The summed E-state index contributed by atoms with van der Waals surface area (Å²) in [4.78, 5) is 20.3. The molecule has 2 aromatic carbocycles. The lowest BCUT2D eigenvalue weighted by molar-refractivity contribution is 0.0643. The lowest BCUT2D eigenvalue weighted by atomic mass is 10.1. The molecule has 0 saturated heterocycles. The van der Waals surface area contributed by atoms with Crippen LogP contribution in [0.2, 0.25) is 0 Å². The number of benzene rings is 2. The Balaban J connectivity index is 1.77. The van der Waals surface area contributed by atoms with Gasteiger partial charge in [0.05, 0.1) is 31.4 Å². The summed E-state index contributed by atoms with van der Waals surface area (Å²) in [5.74, 6) is 0.0277. The summed E-state index contributed by atoms with van der Waals surface area (Å²) >= 11 is 0. The second-order valence-corrected chi connectivity index (χ2v) is 7.66. The average Bonchev–Trinajstić information content (AvgIpc) is 3.37. The summed E-state index contributed by atoms with van der Waals surface area (Å²) in [6.07, 6.45) is 3.36. The molecule has 4 aromatic rings. The van der Waals surface area contributed by atoms with E-state index in [2.05, 4.69) is 15.1 Å². The molecule has 0 amide bonds. The number of aromatic nitrogens is 5. The highest BCUT2D eigenvalue weighted by atomic mass is 19.1. The van der Waals surface area contributed by atoms with Gasteiger partial charge in [-0.2, -0.15) is 4.68 Å². The molecule has 0 radical (unpaired) electrons. The second kappa shape index (κ2) is 7.84. The van der Waals surface area contributed by atoms with E-state index in [0.717, 1.165) is 11.3 Å². The number of nitrogens with zero attached hydrogens (tertiary/aromatic N) is 4. The third-order valence-corrected chi connectivity index (χ3v) is 4.82. The molecule has 9 heteroatoms. The van der Waals surface area contributed by atoms with Crippen LogP contribution in [0, 0.1) is 5.82 Å². The van der Waals surface area contributed by atoms with Crippen LogP contribution in [0.4, 0.5) is 4.39 Å². The molecule has 0 aliphatic heterocycles. The zero-order valence-electron chi connectivity index (χ0n) is 17.3. The second-order valence-electron chi connectivity index (χ2n) is 7.66.